The van der Waals surface area contributed by atoms with Crippen molar-refractivity contribution in [2.45, 2.75) is 32.0 Å². The van der Waals surface area contributed by atoms with Crippen molar-refractivity contribution >= 4 is 34.0 Å². The van der Waals surface area contributed by atoms with Gasteiger partial charge in [-0.1, -0.05) is 22.9 Å². The van der Waals surface area contributed by atoms with Crippen LogP contribution >= 0.6 is 22.9 Å². The molecule has 4 rings (SSSR count). The van der Waals surface area contributed by atoms with Crippen LogP contribution in [-0.4, -0.2) is 32.7 Å². The molecule has 1 aliphatic carbocycles. The highest BCUT2D eigenvalue weighted by Crippen LogP contribution is 2.50. The highest BCUT2D eigenvalue weighted by atomic mass is 35.5. The van der Waals surface area contributed by atoms with Crippen LogP contribution in [0.5, 0.6) is 5.75 Å². The zero-order valence-electron chi connectivity index (χ0n) is 15.3. The number of rotatable bonds is 6. The van der Waals surface area contributed by atoms with E-state index in [-0.39, 0.29) is 37.7 Å². The predicted molar refractivity (Wildman–Crippen MR) is 104 cm³/mol. The minimum Gasteiger partial charge on any atom is -0.433 e. The molecule has 0 unspecified atom stereocenters. The molecule has 3 aromatic rings. The molecule has 0 saturated heterocycles. The number of halogens is 4. The lowest BCUT2D eigenvalue weighted by atomic mass is 10.0. The smallest absolute Gasteiger partial charge is 0.387 e. The molecule has 0 aromatic carbocycles. The molecule has 156 valence electrons. The summed E-state index contributed by atoms with van der Waals surface area (Å²) in [7, 11) is 0. The first kappa shape index (κ1) is 20.5. The SMILES string of the molecule is Cc1cc(-c2cc(Cl)ncc2OC(F)F)c(C(=O)Nc2nnc(C3(F)CC3)s2)cn1. The van der Waals surface area contributed by atoms with Crippen molar-refractivity contribution in [2.24, 2.45) is 0 Å². The summed E-state index contributed by atoms with van der Waals surface area (Å²) in [5.41, 5.74) is -0.477. The Morgan fingerprint density at radius 2 is 2.00 bits per heavy atom. The van der Waals surface area contributed by atoms with Gasteiger partial charge in [-0.2, -0.15) is 8.78 Å². The Morgan fingerprint density at radius 1 is 1.23 bits per heavy atom. The number of aryl methyl sites for hydroxylation is 1. The fraction of sp³-hybridized carbons (Fsp3) is 0.278. The van der Waals surface area contributed by atoms with Gasteiger partial charge in [0.15, 0.2) is 16.4 Å². The monoisotopic (exact) mass is 455 g/mol. The van der Waals surface area contributed by atoms with E-state index in [1.54, 1.807) is 6.92 Å². The van der Waals surface area contributed by atoms with E-state index in [0.29, 0.717) is 18.5 Å². The highest BCUT2D eigenvalue weighted by molar-refractivity contribution is 7.15. The number of hydrogen-bond acceptors (Lipinski definition) is 7. The number of amides is 1. The van der Waals surface area contributed by atoms with Gasteiger partial charge in [-0.3, -0.25) is 15.1 Å². The largest absolute Gasteiger partial charge is 0.433 e. The number of anilines is 1. The molecule has 3 heterocycles. The second kappa shape index (κ2) is 7.80. The number of nitrogens with zero attached hydrogens (tertiary/aromatic N) is 4. The van der Waals surface area contributed by atoms with Crippen molar-refractivity contribution in [3.8, 4) is 16.9 Å². The molecular formula is C18H13ClF3N5O2S. The first-order chi connectivity index (χ1) is 14.2. The van der Waals surface area contributed by atoms with Gasteiger partial charge < -0.3 is 4.74 Å². The maximum absolute atomic E-state index is 14.1. The molecule has 0 atom stereocenters. The number of aromatic nitrogens is 4. The van der Waals surface area contributed by atoms with Gasteiger partial charge in [0, 0.05) is 23.0 Å². The van der Waals surface area contributed by atoms with Crippen molar-refractivity contribution in [3.63, 3.8) is 0 Å². The minimum atomic E-state index is -3.10. The summed E-state index contributed by atoms with van der Waals surface area (Å²) < 4.78 is 44.3. The predicted octanol–water partition coefficient (Wildman–Crippen LogP) is 4.77. The van der Waals surface area contributed by atoms with Crippen LogP contribution in [0.15, 0.2) is 24.5 Å². The van der Waals surface area contributed by atoms with Gasteiger partial charge >= 0.3 is 6.61 Å². The Hall–Kier alpha value is -2.79. The van der Waals surface area contributed by atoms with E-state index in [0.717, 1.165) is 17.5 Å². The summed E-state index contributed by atoms with van der Waals surface area (Å²) in [6.45, 7) is -1.42. The van der Waals surface area contributed by atoms with E-state index < -0.39 is 18.2 Å². The number of hydrogen-bond donors (Lipinski definition) is 1. The Morgan fingerprint density at radius 3 is 2.70 bits per heavy atom. The third-order valence-corrected chi connectivity index (χ3v) is 5.57. The number of pyridine rings is 2. The van der Waals surface area contributed by atoms with Crippen LogP contribution in [-0.2, 0) is 5.67 Å². The quantitative estimate of drug-likeness (QED) is 0.538. The third kappa shape index (κ3) is 4.21. The molecule has 1 N–H and O–H groups in total. The Balaban J connectivity index is 1.70. The summed E-state index contributed by atoms with van der Waals surface area (Å²) in [5, 5.41) is 10.5. The zero-order valence-corrected chi connectivity index (χ0v) is 16.9. The lowest BCUT2D eigenvalue weighted by molar-refractivity contribution is -0.0496. The average molecular weight is 456 g/mol. The van der Waals surface area contributed by atoms with Gasteiger partial charge in [-0.15, -0.1) is 10.2 Å². The number of alkyl halides is 3. The van der Waals surface area contributed by atoms with E-state index in [4.69, 9.17) is 11.6 Å². The first-order valence-corrected chi connectivity index (χ1v) is 9.86. The van der Waals surface area contributed by atoms with Crippen molar-refractivity contribution in [2.75, 3.05) is 5.32 Å². The molecule has 1 aliphatic rings. The maximum atomic E-state index is 14.1. The topological polar surface area (TPSA) is 89.9 Å². The molecule has 0 radical (unpaired) electrons. The molecule has 30 heavy (non-hydrogen) atoms. The van der Waals surface area contributed by atoms with E-state index in [2.05, 4.69) is 30.2 Å². The number of carbonyl (C=O) groups is 1. The molecular weight excluding hydrogens is 443 g/mol. The van der Waals surface area contributed by atoms with Crippen molar-refractivity contribution in [3.05, 3.63) is 45.9 Å². The van der Waals surface area contributed by atoms with E-state index in [9.17, 15) is 18.0 Å². The van der Waals surface area contributed by atoms with Crippen LogP contribution in [0.4, 0.5) is 18.3 Å². The van der Waals surface area contributed by atoms with E-state index >= 15 is 0 Å². The van der Waals surface area contributed by atoms with E-state index in [1.807, 2.05) is 0 Å². The number of ether oxygens (including phenoxy) is 1. The fourth-order valence-corrected chi connectivity index (χ4v) is 3.76. The molecule has 1 amide bonds. The summed E-state index contributed by atoms with van der Waals surface area (Å²) in [4.78, 5) is 20.7. The van der Waals surface area contributed by atoms with Crippen LogP contribution in [0.3, 0.4) is 0 Å². The minimum absolute atomic E-state index is 0.0267. The maximum Gasteiger partial charge on any atom is 0.387 e. The molecule has 7 nitrogen and oxygen atoms in total. The lowest BCUT2D eigenvalue weighted by Crippen LogP contribution is -2.14. The second-order valence-electron chi connectivity index (χ2n) is 6.58. The second-order valence-corrected chi connectivity index (χ2v) is 7.95. The Labute approximate surface area is 177 Å². The van der Waals surface area contributed by atoms with Crippen LogP contribution in [0.2, 0.25) is 5.15 Å². The molecule has 1 saturated carbocycles. The normalized spacial score (nSPS) is 14.6. The highest BCUT2D eigenvalue weighted by Gasteiger charge is 2.48. The van der Waals surface area contributed by atoms with Crippen LogP contribution in [0.25, 0.3) is 11.1 Å². The summed E-state index contributed by atoms with van der Waals surface area (Å²) in [6.07, 6.45) is 3.09. The Kier molecular flexibility index (Phi) is 5.33. The molecule has 0 spiro atoms. The standard InChI is InChI=1S/C18H13ClF3N5O2S/c1-8-4-9(10-5-13(19)24-7-12(10)29-16(20)21)11(6-23-8)14(28)25-17-27-26-15(30-17)18(22)2-3-18/h4-7,16H,2-3H2,1H3,(H,25,27,28). The summed E-state index contributed by atoms with van der Waals surface area (Å²) >= 11 is 6.87. The molecule has 3 aromatic heterocycles. The lowest BCUT2D eigenvalue weighted by Gasteiger charge is -2.14. The first-order valence-electron chi connectivity index (χ1n) is 8.67. The fourth-order valence-electron chi connectivity index (χ4n) is 2.72. The van der Waals surface area contributed by atoms with Gasteiger partial charge in [0.2, 0.25) is 5.13 Å². The average Bonchev–Trinajstić information content (AvgIpc) is 3.26. The van der Waals surface area contributed by atoms with Crippen molar-refractivity contribution in [1.29, 1.82) is 0 Å². The van der Waals surface area contributed by atoms with Gasteiger partial charge in [-0.05, 0) is 31.9 Å². The summed E-state index contributed by atoms with van der Waals surface area (Å²) in [5.74, 6) is -0.875. The van der Waals surface area contributed by atoms with Crippen molar-refractivity contribution in [1.82, 2.24) is 20.2 Å². The number of nitrogens with one attached hydrogen (secondary N) is 1. The molecule has 1 fully saturated rings. The van der Waals surface area contributed by atoms with Gasteiger partial charge in [0.05, 0.1) is 11.8 Å². The van der Waals surface area contributed by atoms with Crippen LogP contribution in [0, 0.1) is 6.92 Å². The zero-order chi connectivity index (χ0) is 21.5. The molecule has 0 aliphatic heterocycles. The van der Waals surface area contributed by atoms with Crippen LogP contribution < -0.4 is 10.1 Å². The van der Waals surface area contributed by atoms with Crippen LogP contribution in [0.1, 0.15) is 33.9 Å². The summed E-state index contributed by atoms with van der Waals surface area (Å²) in [6, 6.07) is 2.85. The van der Waals surface area contributed by atoms with E-state index in [1.165, 1.54) is 18.3 Å². The van der Waals surface area contributed by atoms with Gasteiger partial charge in [-0.25, -0.2) is 9.37 Å². The van der Waals surface area contributed by atoms with Crippen molar-refractivity contribution < 1.29 is 22.7 Å². The van der Waals surface area contributed by atoms with Gasteiger partial charge in [0.25, 0.3) is 5.91 Å². The number of carbonyl (C=O) groups excluding carboxylic acids is 1. The third-order valence-electron chi connectivity index (χ3n) is 4.34. The molecule has 0 bridgehead atoms. The molecule has 12 heteroatoms. The van der Waals surface area contributed by atoms with Gasteiger partial charge in [0.1, 0.15) is 5.15 Å². The Bertz CT molecular complexity index is 1120.